The summed E-state index contributed by atoms with van der Waals surface area (Å²) >= 11 is 0. The standard InChI is InChI=1S/C19H22N2O5S/c1-13-6-5-7-17(14(13)2)20-18(22)12-26-19(23)15-8-10-16(11-9-15)27(24,25)21(3)4/h5-11H,12H2,1-4H3,(H,20,22). The number of sulfonamides is 1. The minimum atomic E-state index is -3.57. The molecule has 2 aromatic rings. The highest BCUT2D eigenvalue weighted by Gasteiger charge is 2.18. The Hall–Kier alpha value is -2.71. The fourth-order valence-electron chi connectivity index (χ4n) is 2.26. The molecule has 0 unspecified atom stereocenters. The van der Waals surface area contributed by atoms with E-state index in [-0.39, 0.29) is 10.5 Å². The molecule has 0 saturated heterocycles. The lowest BCUT2D eigenvalue weighted by Crippen LogP contribution is -2.22. The zero-order chi connectivity index (χ0) is 20.2. The topological polar surface area (TPSA) is 92.8 Å². The number of benzene rings is 2. The smallest absolute Gasteiger partial charge is 0.338 e. The second kappa shape index (κ2) is 8.32. The molecule has 0 spiro atoms. The quantitative estimate of drug-likeness (QED) is 0.765. The van der Waals surface area contributed by atoms with Crippen molar-refractivity contribution in [1.29, 1.82) is 0 Å². The van der Waals surface area contributed by atoms with Crippen LogP contribution in [0.2, 0.25) is 0 Å². The average Bonchev–Trinajstić information content (AvgIpc) is 2.63. The van der Waals surface area contributed by atoms with E-state index < -0.39 is 28.5 Å². The van der Waals surface area contributed by atoms with E-state index >= 15 is 0 Å². The minimum Gasteiger partial charge on any atom is -0.452 e. The fourth-order valence-corrected chi connectivity index (χ4v) is 3.16. The highest BCUT2D eigenvalue weighted by atomic mass is 32.2. The third kappa shape index (κ3) is 4.93. The number of anilines is 1. The van der Waals surface area contributed by atoms with Crippen LogP contribution in [0.25, 0.3) is 0 Å². The van der Waals surface area contributed by atoms with Gasteiger partial charge in [0.1, 0.15) is 0 Å². The van der Waals surface area contributed by atoms with Crippen molar-refractivity contribution in [2.45, 2.75) is 18.7 Å². The summed E-state index contributed by atoms with van der Waals surface area (Å²) < 4.78 is 30.1. The summed E-state index contributed by atoms with van der Waals surface area (Å²) in [6.45, 7) is 3.38. The van der Waals surface area contributed by atoms with Crippen molar-refractivity contribution in [2.24, 2.45) is 0 Å². The number of nitrogens with one attached hydrogen (secondary N) is 1. The molecular weight excluding hydrogens is 368 g/mol. The second-order valence-corrected chi connectivity index (χ2v) is 8.34. The Balaban J connectivity index is 1.97. The summed E-state index contributed by atoms with van der Waals surface area (Å²) in [4.78, 5) is 24.1. The number of ether oxygens (including phenoxy) is 1. The third-order valence-corrected chi connectivity index (χ3v) is 5.91. The van der Waals surface area contributed by atoms with E-state index in [0.29, 0.717) is 5.69 Å². The molecule has 1 amide bonds. The normalized spacial score (nSPS) is 11.3. The van der Waals surface area contributed by atoms with Gasteiger partial charge in [-0.3, -0.25) is 4.79 Å². The molecule has 0 heterocycles. The Bertz CT molecular complexity index is 951. The van der Waals surface area contributed by atoms with E-state index in [0.717, 1.165) is 15.4 Å². The van der Waals surface area contributed by atoms with Crippen molar-refractivity contribution in [3.05, 3.63) is 59.2 Å². The maximum Gasteiger partial charge on any atom is 0.338 e. The number of carbonyl (C=O) groups is 2. The number of rotatable bonds is 6. The van der Waals surface area contributed by atoms with Gasteiger partial charge >= 0.3 is 5.97 Å². The molecule has 27 heavy (non-hydrogen) atoms. The van der Waals surface area contributed by atoms with E-state index in [4.69, 9.17) is 4.74 Å². The number of nitrogens with zero attached hydrogens (tertiary/aromatic N) is 1. The van der Waals surface area contributed by atoms with Crippen LogP contribution in [-0.4, -0.2) is 45.3 Å². The van der Waals surface area contributed by atoms with Gasteiger partial charge in [0.05, 0.1) is 10.5 Å². The zero-order valence-corrected chi connectivity index (χ0v) is 16.5. The molecule has 2 rings (SSSR count). The number of hydrogen-bond donors (Lipinski definition) is 1. The van der Waals surface area contributed by atoms with Crippen molar-refractivity contribution in [1.82, 2.24) is 4.31 Å². The van der Waals surface area contributed by atoms with Crippen LogP contribution in [0.3, 0.4) is 0 Å². The van der Waals surface area contributed by atoms with Crippen molar-refractivity contribution in [2.75, 3.05) is 26.0 Å². The highest BCUT2D eigenvalue weighted by molar-refractivity contribution is 7.89. The molecule has 0 bridgehead atoms. The molecule has 0 saturated carbocycles. The number of aryl methyl sites for hydroxylation is 1. The summed E-state index contributed by atoms with van der Waals surface area (Å²) in [5.41, 5.74) is 2.80. The van der Waals surface area contributed by atoms with Gasteiger partial charge in [-0.05, 0) is 55.3 Å². The Morgan fingerprint density at radius 2 is 1.67 bits per heavy atom. The Morgan fingerprint density at radius 3 is 2.26 bits per heavy atom. The second-order valence-electron chi connectivity index (χ2n) is 6.18. The monoisotopic (exact) mass is 390 g/mol. The first-order valence-electron chi connectivity index (χ1n) is 8.18. The summed E-state index contributed by atoms with van der Waals surface area (Å²) in [6, 6.07) is 10.9. The van der Waals surface area contributed by atoms with Gasteiger partial charge in [0.2, 0.25) is 10.0 Å². The van der Waals surface area contributed by atoms with Gasteiger partial charge in [0, 0.05) is 19.8 Å². The number of hydrogen-bond acceptors (Lipinski definition) is 5. The SMILES string of the molecule is Cc1cccc(NC(=O)COC(=O)c2ccc(S(=O)(=O)N(C)C)cc2)c1C. The Morgan fingerprint density at radius 1 is 1.04 bits per heavy atom. The number of esters is 1. The van der Waals surface area contributed by atoms with E-state index in [1.54, 1.807) is 6.07 Å². The molecule has 0 atom stereocenters. The molecule has 0 aromatic heterocycles. The molecule has 2 aromatic carbocycles. The maximum absolute atomic E-state index is 12.1. The first kappa shape index (κ1) is 20.6. The van der Waals surface area contributed by atoms with Crippen molar-refractivity contribution < 1.29 is 22.7 Å². The van der Waals surface area contributed by atoms with Crippen LogP contribution < -0.4 is 5.32 Å². The van der Waals surface area contributed by atoms with E-state index in [1.807, 2.05) is 26.0 Å². The van der Waals surface area contributed by atoms with Crippen molar-refractivity contribution in [3.8, 4) is 0 Å². The van der Waals surface area contributed by atoms with Crippen molar-refractivity contribution in [3.63, 3.8) is 0 Å². The van der Waals surface area contributed by atoms with E-state index in [2.05, 4.69) is 5.32 Å². The average molecular weight is 390 g/mol. The molecule has 0 aliphatic rings. The Kier molecular flexibility index (Phi) is 6.35. The lowest BCUT2D eigenvalue weighted by molar-refractivity contribution is -0.119. The molecule has 1 N–H and O–H groups in total. The summed E-state index contributed by atoms with van der Waals surface area (Å²) in [5, 5.41) is 2.70. The van der Waals surface area contributed by atoms with Crippen LogP contribution in [0.15, 0.2) is 47.4 Å². The first-order chi connectivity index (χ1) is 12.6. The molecule has 0 aliphatic heterocycles. The molecule has 7 nitrogen and oxygen atoms in total. The number of amides is 1. The first-order valence-corrected chi connectivity index (χ1v) is 9.62. The Labute approximate surface area is 159 Å². The zero-order valence-electron chi connectivity index (χ0n) is 15.6. The predicted molar refractivity (Wildman–Crippen MR) is 102 cm³/mol. The van der Waals surface area contributed by atoms with Crippen LogP contribution >= 0.6 is 0 Å². The van der Waals surface area contributed by atoms with Crippen LogP contribution in [-0.2, 0) is 19.6 Å². The maximum atomic E-state index is 12.1. The molecule has 0 aliphatic carbocycles. The molecular formula is C19H22N2O5S. The van der Waals surface area contributed by atoms with Gasteiger partial charge in [0.25, 0.3) is 5.91 Å². The third-order valence-electron chi connectivity index (χ3n) is 4.08. The summed E-state index contributed by atoms with van der Waals surface area (Å²) in [7, 11) is -0.725. The summed E-state index contributed by atoms with van der Waals surface area (Å²) in [6.07, 6.45) is 0. The lowest BCUT2D eigenvalue weighted by Gasteiger charge is -2.12. The van der Waals surface area contributed by atoms with Crippen LogP contribution in [0.5, 0.6) is 0 Å². The highest BCUT2D eigenvalue weighted by Crippen LogP contribution is 2.18. The molecule has 0 fully saturated rings. The largest absolute Gasteiger partial charge is 0.452 e. The van der Waals surface area contributed by atoms with Gasteiger partial charge in [-0.15, -0.1) is 0 Å². The van der Waals surface area contributed by atoms with Gasteiger partial charge in [-0.1, -0.05) is 12.1 Å². The van der Waals surface area contributed by atoms with E-state index in [1.165, 1.54) is 38.4 Å². The molecule has 8 heteroatoms. The van der Waals surface area contributed by atoms with Gasteiger partial charge < -0.3 is 10.1 Å². The number of carbonyl (C=O) groups excluding carboxylic acids is 2. The van der Waals surface area contributed by atoms with E-state index in [9.17, 15) is 18.0 Å². The minimum absolute atomic E-state index is 0.0664. The van der Waals surface area contributed by atoms with Crippen LogP contribution in [0.1, 0.15) is 21.5 Å². The molecule has 144 valence electrons. The van der Waals surface area contributed by atoms with Gasteiger partial charge in [-0.2, -0.15) is 0 Å². The lowest BCUT2D eigenvalue weighted by atomic mass is 10.1. The summed E-state index contributed by atoms with van der Waals surface area (Å²) in [5.74, 6) is -1.16. The van der Waals surface area contributed by atoms with Gasteiger partial charge in [0.15, 0.2) is 6.61 Å². The molecule has 0 radical (unpaired) electrons. The van der Waals surface area contributed by atoms with Crippen LogP contribution in [0.4, 0.5) is 5.69 Å². The van der Waals surface area contributed by atoms with Gasteiger partial charge in [-0.25, -0.2) is 17.5 Å². The van der Waals surface area contributed by atoms with Crippen LogP contribution in [0, 0.1) is 13.8 Å². The predicted octanol–water partition coefficient (Wildman–Crippen LogP) is 2.35. The van der Waals surface area contributed by atoms with Crippen molar-refractivity contribution >= 4 is 27.6 Å². The fraction of sp³-hybridized carbons (Fsp3) is 0.263.